The Kier molecular flexibility index (Phi) is 9.23. The number of halogens is 4. The van der Waals surface area contributed by atoms with Gasteiger partial charge in [0.05, 0.1) is 25.1 Å². The van der Waals surface area contributed by atoms with Gasteiger partial charge in [-0.15, -0.1) is 0 Å². The number of carboxylic acid groups (broad SMARTS) is 1. The molecular formula is C35H39F4N5O4. The minimum absolute atomic E-state index is 0.126. The zero-order valence-corrected chi connectivity index (χ0v) is 26.9. The Morgan fingerprint density at radius 1 is 1.00 bits per heavy atom. The highest BCUT2D eigenvalue weighted by Crippen LogP contribution is 2.46. The molecule has 3 fully saturated rings. The molecule has 6 rings (SSSR count). The number of benzene rings is 2. The molecule has 9 nitrogen and oxygen atoms in total. The molecule has 0 aliphatic carbocycles. The van der Waals surface area contributed by atoms with E-state index >= 15 is 4.39 Å². The van der Waals surface area contributed by atoms with E-state index in [0.717, 1.165) is 12.1 Å². The molecule has 13 heteroatoms. The van der Waals surface area contributed by atoms with Crippen molar-refractivity contribution in [3.63, 3.8) is 0 Å². The Balaban J connectivity index is 1.32. The number of likely N-dealkylation sites (tertiary alicyclic amines) is 1. The molecule has 256 valence electrons. The molecule has 3 aliphatic heterocycles. The van der Waals surface area contributed by atoms with Crippen LogP contribution in [0.4, 0.5) is 29.2 Å². The lowest BCUT2D eigenvalue weighted by Crippen LogP contribution is -2.50. The molecule has 4 heterocycles. The van der Waals surface area contributed by atoms with Gasteiger partial charge < -0.3 is 24.5 Å². The van der Waals surface area contributed by atoms with Crippen molar-refractivity contribution < 1.29 is 37.0 Å². The van der Waals surface area contributed by atoms with Gasteiger partial charge in [-0.1, -0.05) is 31.5 Å². The van der Waals surface area contributed by atoms with E-state index in [1.165, 1.54) is 18.1 Å². The Labute approximate surface area is 276 Å². The van der Waals surface area contributed by atoms with Crippen molar-refractivity contribution in [2.24, 2.45) is 11.8 Å². The number of amides is 1. The smallest absolute Gasteiger partial charge is 0.416 e. The molecule has 48 heavy (non-hydrogen) atoms. The van der Waals surface area contributed by atoms with Crippen LogP contribution in [0.1, 0.15) is 54.7 Å². The molecule has 4 atom stereocenters. The van der Waals surface area contributed by atoms with E-state index in [0.29, 0.717) is 60.9 Å². The highest BCUT2D eigenvalue weighted by molar-refractivity contribution is 5.89. The molecule has 0 bridgehead atoms. The normalized spacial score (nSPS) is 25.0. The molecule has 3 aliphatic rings. The summed E-state index contributed by atoms with van der Waals surface area (Å²) in [5.41, 5.74) is -1.44. The van der Waals surface area contributed by atoms with Crippen molar-refractivity contribution in [2.45, 2.75) is 49.9 Å². The highest BCUT2D eigenvalue weighted by Gasteiger charge is 2.57. The lowest BCUT2D eigenvalue weighted by molar-refractivity contribution is -0.143. The predicted octanol–water partition coefficient (Wildman–Crippen LogP) is 5.77. The summed E-state index contributed by atoms with van der Waals surface area (Å²) in [4.78, 5) is 39.6. The molecule has 1 amide bonds. The number of methoxy groups -OCH3 is 1. The van der Waals surface area contributed by atoms with E-state index in [4.69, 9.17) is 4.74 Å². The van der Waals surface area contributed by atoms with Crippen LogP contribution in [0.2, 0.25) is 0 Å². The van der Waals surface area contributed by atoms with Crippen molar-refractivity contribution >= 4 is 23.5 Å². The van der Waals surface area contributed by atoms with Crippen LogP contribution in [0.3, 0.4) is 0 Å². The molecular weight excluding hydrogens is 630 g/mol. The Bertz CT molecular complexity index is 1620. The van der Waals surface area contributed by atoms with Crippen LogP contribution in [-0.4, -0.2) is 83.9 Å². The SMILES string of the molecule is CC[C@H]1CN(C(=O)[C@]2(F)CN(c3ncccn3)C[C@H]2c2ccc(OC)cc2)C[C@@H]1c1ccc(C(F)(F)F)cc1N1CCC(C(=O)O)CC1. The molecule has 0 saturated carbocycles. The summed E-state index contributed by atoms with van der Waals surface area (Å²) in [6, 6.07) is 12.3. The molecule has 2 aromatic carbocycles. The van der Waals surface area contributed by atoms with Gasteiger partial charge in [0.1, 0.15) is 5.75 Å². The minimum atomic E-state index is -4.57. The van der Waals surface area contributed by atoms with Crippen molar-refractivity contribution in [1.29, 1.82) is 0 Å². The van der Waals surface area contributed by atoms with Gasteiger partial charge in [0.15, 0.2) is 0 Å². The van der Waals surface area contributed by atoms with Gasteiger partial charge in [0, 0.05) is 62.6 Å². The van der Waals surface area contributed by atoms with Gasteiger partial charge in [0.2, 0.25) is 11.6 Å². The van der Waals surface area contributed by atoms with Crippen molar-refractivity contribution in [3.05, 3.63) is 77.6 Å². The van der Waals surface area contributed by atoms with Crippen LogP contribution in [0.25, 0.3) is 0 Å². The van der Waals surface area contributed by atoms with Crippen LogP contribution in [-0.2, 0) is 15.8 Å². The number of alkyl halides is 4. The van der Waals surface area contributed by atoms with Gasteiger partial charge in [-0.05, 0) is 60.2 Å². The second-order valence-corrected chi connectivity index (χ2v) is 13.0. The third-order valence-corrected chi connectivity index (χ3v) is 10.3. The molecule has 1 N–H and O–H groups in total. The fourth-order valence-corrected chi connectivity index (χ4v) is 7.59. The monoisotopic (exact) mass is 669 g/mol. The number of aliphatic carboxylic acids is 1. The summed E-state index contributed by atoms with van der Waals surface area (Å²) in [5, 5.41) is 9.48. The van der Waals surface area contributed by atoms with Crippen LogP contribution >= 0.6 is 0 Å². The Morgan fingerprint density at radius 3 is 2.29 bits per heavy atom. The van der Waals surface area contributed by atoms with E-state index in [2.05, 4.69) is 9.97 Å². The van der Waals surface area contributed by atoms with Gasteiger partial charge in [-0.25, -0.2) is 14.4 Å². The molecule has 3 aromatic rings. The van der Waals surface area contributed by atoms with Crippen molar-refractivity contribution in [1.82, 2.24) is 14.9 Å². The number of hydrogen-bond donors (Lipinski definition) is 1. The van der Waals surface area contributed by atoms with Gasteiger partial charge >= 0.3 is 12.1 Å². The van der Waals surface area contributed by atoms with Gasteiger partial charge in [0.25, 0.3) is 5.91 Å². The number of carbonyl (C=O) groups is 2. The number of carbonyl (C=O) groups excluding carboxylic acids is 1. The van der Waals surface area contributed by atoms with E-state index < -0.39 is 41.1 Å². The first-order valence-electron chi connectivity index (χ1n) is 16.3. The number of aromatic nitrogens is 2. The Hall–Kier alpha value is -4.42. The summed E-state index contributed by atoms with van der Waals surface area (Å²) < 4.78 is 64.5. The molecule has 0 unspecified atom stereocenters. The highest BCUT2D eigenvalue weighted by atomic mass is 19.4. The largest absolute Gasteiger partial charge is 0.497 e. The molecule has 0 spiro atoms. The average Bonchev–Trinajstić information content (AvgIpc) is 3.70. The van der Waals surface area contributed by atoms with Crippen LogP contribution < -0.4 is 14.5 Å². The van der Waals surface area contributed by atoms with Crippen LogP contribution in [0, 0.1) is 11.8 Å². The first-order chi connectivity index (χ1) is 22.9. The third kappa shape index (κ3) is 6.38. The zero-order valence-electron chi connectivity index (χ0n) is 26.9. The lowest BCUT2D eigenvalue weighted by Gasteiger charge is -2.35. The third-order valence-electron chi connectivity index (χ3n) is 10.3. The summed E-state index contributed by atoms with van der Waals surface area (Å²) in [6.45, 7) is 2.87. The number of hydrogen-bond acceptors (Lipinski definition) is 7. The first-order valence-corrected chi connectivity index (χ1v) is 16.3. The number of anilines is 2. The summed E-state index contributed by atoms with van der Waals surface area (Å²) in [6.07, 6.45) is -0.183. The fraction of sp³-hybridized carbons (Fsp3) is 0.486. The number of ether oxygens (including phenoxy) is 1. The van der Waals surface area contributed by atoms with Crippen molar-refractivity contribution in [2.75, 3.05) is 56.2 Å². The van der Waals surface area contributed by atoms with Gasteiger partial charge in [-0.3, -0.25) is 9.59 Å². The summed E-state index contributed by atoms with van der Waals surface area (Å²) >= 11 is 0. The van der Waals surface area contributed by atoms with E-state index in [9.17, 15) is 27.9 Å². The topological polar surface area (TPSA) is 99.1 Å². The quantitative estimate of drug-likeness (QED) is 0.302. The fourth-order valence-electron chi connectivity index (χ4n) is 7.59. The maximum absolute atomic E-state index is 17.5. The number of nitrogens with zero attached hydrogens (tertiary/aromatic N) is 5. The number of carboxylic acids is 1. The summed E-state index contributed by atoms with van der Waals surface area (Å²) in [7, 11) is 1.54. The maximum Gasteiger partial charge on any atom is 0.416 e. The lowest BCUT2D eigenvalue weighted by atomic mass is 9.84. The Morgan fingerprint density at radius 2 is 1.69 bits per heavy atom. The second kappa shape index (κ2) is 13.2. The second-order valence-electron chi connectivity index (χ2n) is 13.0. The molecule has 0 radical (unpaired) electrons. The van der Waals surface area contributed by atoms with E-state index in [-0.39, 0.29) is 38.0 Å². The van der Waals surface area contributed by atoms with Gasteiger partial charge in [-0.2, -0.15) is 13.2 Å². The number of piperidine rings is 1. The molecule has 3 saturated heterocycles. The van der Waals surface area contributed by atoms with E-state index in [1.54, 1.807) is 47.6 Å². The number of rotatable bonds is 8. The standard InChI is InChI=1S/C35H39F4N5O4/c1-3-22-18-43(19-28(22)27-10-7-25(35(37,38)39)17-30(27)42-15-11-24(12-16-42)31(45)46)32(47)34(36)21-44(33-40-13-4-14-41-33)20-29(34)23-5-8-26(48-2)9-6-23/h4-10,13-14,17,22,24,28-29H,3,11-12,15-16,18-21H2,1-2H3,(H,45,46)/t22-,28-,29-,34-/m0/s1. The molecule has 1 aromatic heterocycles. The predicted molar refractivity (Wildman–Crippen MR) is 171 cm³/mol. The van der Waals surface area contributed by atoms with Crippen LogP contribution in [0.15, 0.2) is 60.9 Å². The van der Waals surface area contributed by atoms with Crippen LogP contribution in [0.5, 0.6) is 5.75 Å². The van der Waals surface area contributed by atoms with E-state index in [1.807, 2.05) is 11.8 Å². The first kappa shape index (κ1) is 33.5. The average molecular weight is 670 g/mol. The maximum atomic E-state index is 17.5. The summed E-state index contributed by atoms with van der Waals surface area (Å²) in [5.74, 6) is -2.52. The minimum Gasteiger partial charge on any atom is -0.497 e. The zero-order chi connectivity index (χ0) is 34.2. The van der Waals surface area contributed by atoms with Crippen molar-refractivity contribution in [3.8, 4) is 5.75 Å².